The zero-order valence-corrected chi connectivity index (χ0v) is 15.7. The molecule has 3 aromatic rings. The van der Waals surface area contributed by atoms with Crippen LogP contribution in [0.5, 0.6) is 5.75 Å². The Balaban J connectivity index is 1.70. The number of pyridine rings is 1. The Labute approximate surface area is 154 Å². The van der Waals surface area contributed by atoms with Gasteiger partial charge >= 0.3 is 0 Å². The van der Waals surface area contributed by atoms with E-state index in [1.54, 1.807) is 11.9 Å². The minimum absolute atomic E-state index is 0.0178. The number of rotatable bonds is 5. The van der Waals surface area contributed by atoms with Gasteiger partial charge in [0.05, 0.1) is 17.6 Å². The van der Waals surface area contributed by atoms with Gasteiger partial charge in [-0.15, -0.1) is 0 Å². The highest BCUT2D eigenvalue weighted by atomic mass is 16.5. The second kappa shape index (κ2) is 7.56. The third kappa shape index (κ3) is 4.02. The van der Waals surface area contributed by atoms with Crippen LogP contribution in [0.15, 0.2) is 48.5 Å². The summed E-state index contributed by atoms with van der Waals surface area (Å²) in [7, 11) is 1.80. The van der Waals surface area contributed by atoms with Gasteiger partial charge in [-0.25, -0.2) is 0 Å². The van der Waals surface area contributed by atoms with E-state index in [2.05, 4.69) is 11.1 Å². The van der Waals surface area contributed by atoms with Gasteiger partial charge in [-0.05, 0) is 56.2 Å². The lowest BCUT2D eigenvalue weighted by Crippen LogP contribution is -2.31. The smallest absolute Gasteiger partial charge is 0.254 e. The van der Waals surface area contributed by atoms with Crippen LogP contribution in [0.3, 0.4) is 0 Å². The van der Waals surface area contributed by atoms with E-state index in [9.17, 15) is 4.79 Å². The number of benzene rings is 2. The van der Waals surface area contributed by atoms with Gasteiger partial charge in [0.1, 0.15) is 12.4 Å². The van der Waals surface area contributed by atoms with Crippen molar-refractivity contribution in [1.29, 1.82) is 0 Å². The van der Waals surface area contributed by atoms with Crippen molar-refractivity contribution in [1.82, 2.24) is 9.88 Å². The fraction of sp³-hybridized carbons (Fsp3) is 0.273. The summed E-state index contributed by atoms with van der Waals surface area (Å²) in [6.45, 7) is 6.97. The second-order valence-electron chi connectivity index (χ2n) is 6.73. The minimum atomic E-state index is -0.0178. The number of fused-ring (bicyclic) bond motifs is 1. The van der Waals surface area contributed by atoms with Crippen LogP contribution in [0.1, 0.15) is 27.2 Å². The first-order valence-electron chi connectivity index (χ1n) is 8.77. The first-order chi connectivity index (χ1) is 12.4. The van der Waals surface area contributed by atoms with Crippen LogP contribution in [0, 0.1) is 20.8 Å². The van der Waals surface area contributed by atoms with E-state index in [1.165, 1.54) is 11.1 Å². The highest BCUT2D eigenvalue weighted by molar-refractivity contribution is 6.06. The van der Waals surface area contributed by atoms with Crippen LogP contribution in [-0.4, -0.2) is 36.0 Å². The Hall–Kier alpha value is -2.88. The zero-order valence-electron chi connectivity index (χ0n) is 15.7. The summed E-state index contributed by atoms with van der Waals surface area (Å²) in [6.07, 6.45) is 0. The number of amides is 1. The van der Waals surface area contributed by atoms with Crippen LogP contribution >= 0.6 is 0 Å². The zero-order chi connectivity index (χ0) is 18.7. The van der Waals surface area contributed by atoms with Crippen LogP contribution in [0.4, 0.5) is 0 Å². The van der Waals surface area contributed by atoms with E-state index in [0.717, 1.165) is 22.3 Å². The number of likely N-dealkylation sites (N-methyl/N-ethyl adjacent to an activating group) is 1. The second-order valence-corrected chi connectivity index (χ2v) is 6.73. The number of para-hydroxylation sites is 1. The largest absolute Gasteiger partial charge is 0.492 e. The van der Waals surface area contributed by atoms with Gasteiger partial charge in [-0.1, -0.05) is 24.3 Å². The molecular weight excluding hydrogens is 324 g/mol. The molecule has 26 heavy (non-hydrogen) atoms. The molecule has 3 rings (SSSR count). The molecule has 2 aromatic carbocycles. The number of carbonyl (C=O) groups is 1. The van der Waals surface area contributed by atoms with Crippen LogP contribution < -0.4 is 4.74 Å². The Morgan fingerprint density at radius 1 is 1.04 bits per heavy atom. The number of ether oxygens (including phenoxy) is 1. The van der Waals surface area contributed by atoms with Gasteiger partial charge in [0.25, 0.3) is 5.91 Å². The monoisotopic (exact) mass is 348 g/mol. The Kier molecular flexibility index (Phi) is 5.21. The molecule has 0 saturated heterocycles. The fourth-order valence-corrected chi connectivity index (χ4v) is 3.11. The lowest BCUT2D eigenvalue weighted by atomic mass is 10.1. The fourth-order valence-electron chi connectivity index (χ4n) is 3.11. The van der Waals surface area contributed by atoms with E-state index < -0.39 is 0 Å². The summed E-state index contributed by atoms with van der Waals surface area (Å²) < 4.78 is 5.83. The Morgan fingerprint density at radius 3 is 2.46 bits per heavy atom. The maximum Gasteiger partial charge on any atom is 0.254 e. The standard InChI is InChI=1S/C22H24N2O2/c1-15-11-16(2)13-18(12-15)26-10-9-24(4)22(25)20-14-17(3)23-21-8-6-5-7-19(20)21/h5-8,11-14H,9-10H2,1-4H3. The summed E-state index contributed by atoms with van der Waals surface area (Å²) in [6, 6.07) is 15.7. The molecule has 0 radical (unpaired) electrons. The van der Waals surface area contributed by atoms with Crippen LogP contribution in [-0.2, 0) is 0 Å². The van der Waals surface area contributed by atoms with Crippen LogP contribution in [0.25, 0.3) is 10.9 Å². The van der Waals surface area contributed by atoms with E-state index in [4.69, 9.17) is 4.74 Å². The molecule has 4 heteroatoms. The van der Waals surface area contributed by atoms with Crippen LogP contribution in [0.2, 0.25) is 0 Å². The first kappa shape index (κ1) is 17.9. The van der Waals surface area contributed by atoms with Gasteiger partial charge in [-0.2, -0.15) is 0 Å². The lowest BCUT2D eigenvalue weighted by Gasteiger charge is -2.19. The molecule has 0 unspecified atom stereocenters. The Morgan fingerprint density at radius 2 is 1.73 bits per heavy atom. The quantitative estimate of drug-likeness (QED) is 0.690. The van der Waals surface area contributed by atoms with Crippen molar-refractivity contribution >= 4 is 16.8 Å². The van der Waals surface area contributed by atoms with Crippen molar-refractivity contribution < 1.29 is 9.53 Å². The average molecular weight is 348 g/mol. The molecule has 1 aromatic heterocycles. The van der Waals surface area contributed by atoms with Crippen molar-refractivity contribution in [2.24, 2.45) is 0 Å². The lowest BCUT2D eigenvalue weighted by molar-refractivity contribution is 0.0775. The molecule has 1 heterocycles. The van der Waals surface area contributed by atoms with E-state index >= 15 is 0 Å². The van der Waals surface area contributed by atoms with Crippen molar-refractivity contribution in [2.75, 3.05) is 20.2 Å². The van der Waals surface area contributed by atoms with Gasteiger partial charge in [0, 0.05) is 18.1 Å². The molecule has 0 fully saturated rings. The van der Waals surface area contributed by atoms with Crippen molar-refractivity contribution in [3.8, 4) is 5.75 Å². The van der Waals surface area contributed by atoms with Gasteiger partial charge < -0.3 is 9.64 Å². The van der Waals surface area contributed by atoms with Crippen molar-refractivity contribution in [3.05, 3.63) is 70.9 Å². The topological polar surface area (TPSA) is 42.4 Å². The number of aryl methyl sites for hydroxylation is 3. The highest BCUT2D eigenvalue weighted by Crippen LogP contribution is 2.20. The molecule has 0 aliphatic carbocycles. The molecule has 1 amide bonds. The number of nitrogens with zero attached hydrogens (tertiary/aromatic N) is 2. The SMILES string of the molecule is Cc1cc(C)cc(OCCN(C)C(=O)c2cc(C)nc3ccccc23)c1. The Bertz CT molecular complexity index is 930. The van der Waals surface area contributed by atoms with Gasteiger partial charge in [-0.3, -0.25) is 9.78 Å². The predicted molar refractivity (Wildman–Crippen MR) is 105 cm³/mol. The summed E-state index contributed by atoms with van der Waals surface area (Å²) in [5, 5.41) is 0.880. The third-order valence-electron chi connectivity index (χ3n) is 4.31. The summed E-state index contributed by atoms with van der Waals surface area (Å²) >= 11 is 0. The third-order valence-corrected chi connectivity index (χ3v) is 4.31. The molecule has 4 nitrogen and oxygen atoms in total. The minimum Gasteiger partial charge on any atom is -0.492 e. The van der Waals surface area contributed by atoms with E-state index in [-0.39, 0.29) is 5.91 Å². The van der Waals surface area contributed by atoms with Crippen molar-refractivity contribution in [3.63, 3.8) is 0 Å². The normalized spacial score (nSPS) is 10.8. The summed E-state index contributed by atoms with van der Waals surface area (Å²) in [5.41, 5.74) is 4.70. The number of hydrogen-bond acceptors (Lipinski definition) is 3. The molecule has 0 aliphatic heterocycles. The van der Waals surface area contributed by atoms with Gasteiger partial charge in [0.15, 0.2) is 0 Å². The first-order valence-corrected chi connectivity index (χ1v) is 8.77. The van der Waals surface area contributed by atoms with Gasteiger partial charge in [0.2, 0.25) is 0 Å². The maximum atomic E-state index is 12.9. The predicted octanol–water partition coefficient (Wildman–Crippen LogP) is 4.31. The molecule has 0 spiro atoms. The van der Waals surface area contributed by atoms with E-state index in [1.807, 2.05) is 63.2 Å². The molecule has 0 bridgehead atoms. The molecule has 134 valence electrons. The number of carbonyl (C=O) groups excluding carboxylic acids is 1. The molecule has 0 saturated carbocycles. The molecule has 0 aliphatic rings. The number of hydrogen-bond donors (Lipinski definition) is 0. The van der Waals surface area contributed by atoms with Crippen molar-refractivity contribution in [2.45, 2.75) is 20.8 Å². The summed E-state index contributed by atoms with van der Waals surface area (Å²) in [4.78, 5) is 19.1. The highest BCUT2D eigenvalue weighted by Gasteiger charge is 2.16. The molecular formula is C22H24N2O2. The molecule has 0 N–H and O–H groups in total. The van der Waals surface area contributed by atoms with E-state index in [0.29, 0.717) is 18.7 Å². The average Bonchev–Trinajstić information content (AvgIpc) is 2.59. The summed E-state index contributed by atoms with van der Waals surface area (Å²) in [5.74, 6) is 0.823. The molecule has 0 atom stereocenters. The number of aromatic nitrogens is 1. The maximum absolute atomic E-state index is 12.9.